The lowest BCUT2D eigenvalue weighted by molar-refractivity contribution is -0.870. The van der Waals surface area contributed by atoms with Gasteiger partial charge in [-0.2, -0.15) is 0 Å². The summed E-state index contributed by atoms with van der Waals surface area (Å²) < 4.78 is 23.3. The first kappa shape index (κ1) is 72.2. The van der Waals surface area contributed by atoms with Crippen LogP contribution in [0, 0.1) is 0 Å². The van der Waals surface area contributed by atoms with Gasteiger partial charge in [0.25, 0.3) is 7.82 Å². The molecular weight excluding hydrogens is 924 g/mol. The zero-order valence-electron chi connectivity index (χ0n) is 49.9. The van der Waals surface area contributed by atoms with Gasteiger partial charge in [0, 0.05) is 6.42 Å². The van der Waals surface area contributed by atoms with Crippen molar-refractivity contribution in [3.8, 4) is 0 Å². The quantitative estimate of drug-likeness (QED) is 0.0272. The Morgan fingerprint density at radius 1 is 0.466 bits per heavy atom. The average Bonchev–Trinajstić information content (AvgIpc) is 3.35. The van der Waals surface area contributed by atoms with Crippen LogP contribution < -0.4 is 10.2 Å². The average molecular weight is 1050 g/mol. The number of quaternary nitrogens is 1. The van der Waals surface area contributed by atoms with Gasteiger partial charge in [-0.1, -0.05) is 328 Å². The molecule has 1 amide bonds. The molecule has 0 aromatic heterocycles. The van der Waals surface area contributed by atoms with Gasteiger partial charge in [0.2, 0.25) is 5.91 Å². The molecule has 9 heteroatoms. The number of carbonyl (C=O) groups excluding carboxylic acids is 1. The molecule has 0 heterocycles. The summed E-state index contributed by atoms with van der Waals surface area (Å²) >= 11 is 0. The molecule has 0 aliphatic heterocycles. The summed E-state index contributed by atoms with van der Waals surface area (Å²) in [4.78, 5) is 25.5. The van der Waals surface area contributed by atoms with E-state index in [-0.39, 0.29) is 19.1 Å². The normalized spacial score (nSPS) is 13.8. The van der Waals surface area contributed by atoms with Gasteiger partial charge in [-0.05, 0) is 19.3 Å². The SMILES string of the molecule is CCCCCCCCCCCCCC/C=C/C(O)C(COP(=O)([O-])OCC[N+](C)(C)C)NC(=O)CCCCCCCCCCCCCCCCCCCCCCCCCCCCCCCCCCCCCCC. The van der Waals surface area contributed by atoms with Crippen molar-refractivity contribution >= 4 is 13.7 Å². The Morgan fingerprint density at radius 3 is 1.03 bits per heavy atom. The second-order valence-electron chi connectivity index (χ2n) is 23.8. The highest BCUT2D eigenvalue weighted by Gasteiger charge is 2.23. The van der Waals surface area contributed by atoms with E-state index in [4.69, 9.17) is 9.05 Å². The second-order valence-corrected chi connectivity index (χ2v) is 25.2. The molecule has 0 aliphatic carbocycles. The van der Waals surface area contributed by atoms with Gasteiger partial charge >= 0.3 is 0 Å². The Balaban J connectivity index is 3.87. The molecule has 8 nitrogen and oxygen atoms in total. The van der Waals surface area contributed by atoms with E-state index < -0.39 is 20.0 Å². The van der Waals surface area contributed by atoms with Crippen molar-refractivity contribution in [3.63, 3.8) is 0 Å². The number of rotatable bonds is 61. The number of aliphatic hydroxyl groups is 1. The van der Waals surface area contributed by atoms with E-state index in [0.717, 1.165) is 38.5 Å². The third-order valence-electron chi connectivity index (χ3n) is 15.2. The van der Waals surface area contributed by atoms with Crippen LogP contribution in [0.3, 0.4) is 0 Å². The van der Waals surface area contributed by atoms with E-state index >= 15 is 0 Å². The largest absolute Gasteiger partial charge is 0.756 e. The summed E-state index contributed by atoms with van der Waals surface area (Å²) in [7, 11) is 1.28. The van der Waals surface area contributed by atoms with Crippen LogP contribution in [0.2, 0.25) is 0 Å². The lowest BCUT2D eigenvalue weighted by atomic mass is 10.0. The number of hydrogen-bond donors (Lipinski definition) is 2. The number of phosphoric acid groups is 1. The van der Waals surface area contributed by atoms with Crippen LogP contribution in [-0.4, -0.2) is 68.5 Å². The van der Waals surface area contributed by atoms with Crippen molar-refractivity contribution in [2.24, 2.45) is 0 Å². The molecule has 0 rings (SSSR count). The van der Waals surface area contributed by atoms with E-state index in [1.807, 2.05) is 27.2 Å². The number of likely N-dealkylation sites (N-methyl/N-ethyl adjacent to an activating group) is 1. The third kappa shape index (κ3) is 58.8. The molecule has 0 saturated heterocycles. The molecule has 73 heavy (non-hydrogen) atoms. The minimum Gasteiger partial charge on any atom is -0.756 e. The maximum Gasteiger partial charge on any atom is 0.268 e. The minimum atomic E-state index is -4.59. The molecule has 0 radical (unpaired) electrons. The third-order valence-corrected chi connectivity index (χ3v) is 16.2. The van der Waals surface area contributed by atoms with Gasteiger partial charge in [0.1, 0.15) is 13.2 Å². The molecule has 436 valence electrons. The van der Waals surface area contributed by atoms with Crippen LogP contribution in [0.5, 0.6) is 0 Å². The maximum atomic E-state index is 13.0. The zero-order chi connectivity index (χ0) is 53.5. The lowest BCUT2D eigenvalue weighted by Crippen LogP contribution is -2.45. The summed E-state index contributed by atoms with van der Waals surface area (Å²) in [6, 6.07) is -0.882. The van der Waals surface area contributed by atoms with Crippen LogP contribution in [0.4, 0.5) is 0 Å². The van der Waals surface area contributed by atoms with Crippen molar-refractivity contribution in [1.29, 1.82) is 0 Å². The van der Waals surface area contributed by atoms with Gasteiger partial charge in [-0.25, -0.2) is 0 Å². The highest BCUT2D eigenvalue weighted by atomic mass is 31.2. The predicted octanol–water partition coefficient (Wildman–Crippen LogP) is 19.5. The van der Waals surface area contributed by atoms with Crippen molar-refractivity contribution in [1.82, 2.24) is 5.32 Å². The zero-order valence-corrected chi connectivity index (χ0v) is 50.8. The highest BCUT2D eigenvalue weighted by molar-refractivity contribution is 7.45. The molecular formula is C64H129N2O6P. The van der Waals surface area contributed by atoms with E-state index in [9.17, 15) is 19.4 Å². The van der Waals surface area contributed by atoms with Crippen molar-refractivity contribution in [3.05, 3.63) is 12.2 Å². The summed E-state index contributed by atoms with van der Waals surface area (Å²) in [6.45, 7) is 4.69. The number of allylic oxidation sites excluding steroid dienone is 1. The van der Waals surface area contributed by atoms with E-state index in [0.29, 0.717) is 17.4 Å². The number of carbonyl (C=O) groups is 1. The van der Waals surface area contributed by atoms with E-state index in [1.54, 1.807) is 6.08 Å². The predicted molar refractivity (Wildman–Crippen MR) is 316 cm³/mol. The van der Waals surface area contributed by atoms with Crippen LogP contribution in [0.25, 0.3) is 0 Å². The minimum absolute atomic E-state index is 0.00256. The molecule has 0 aromatic rings. The summed E-state index contributed by atoms with van der Waals surface area (Å²) in [5.74, 6) is -0.190. The van der Waals surface area contributed by atoms with Crippen molar-refractivity contribution in [2.75, 3.05) is 40.9 Å². The number of phosphoric ester groups is 1. The fourth-order valence-corrected chi connectivity index (χ4v) is 10.9. The fraction of sp³-hybridized carbons (Fsp3) is 0.953. The first-order valence-corrected chi connectivity index (χ1v) is 34.0. The summed E-state index contributed by atoms with van der Waals surface area (Å²) in [5.41, 5.74) is 0. The Bertz CT molecular complexity index is 1200. The summed E-state index contributed by atoms with van der Waals surface area (Å²) in [6.07, 6.45) is 70.5. The number of aliphatic hydroxyl groups excluding tert-OH is 1. The molecule has 0 bridgehead atoms. The molecule has 0 fully saturated rings. The lowest BCUT2D eigenvalue weighted by Gasteiger charge is -2.29. The topological polar surface area (TPSA) is 108 Å². The molecule has 0 saturated carbocycles. The smallest absolute Gasteiger partial charge is 0.268 e. The Hall–Kier alpha value is -0.760. The second kappa shape index (κ2) is 56.0. The van der Waals surface area contributed by atoms with Crippen LogP contribution in [0.1, 0.15) is 341 Å². The molecule has 0 aromatic carbocycles. The highest BCUT2D eigenvalue weighted by Crippen LogP contribution is 2.38. The van der Waals surface area contributed by atoms with Gasteiger partial charge in [0.15, 0.2) is 0 Å². The van der Waals surface area contributed by atoms with E-state index in [1.165, 1.54) is 283 Å². The Kier molecular flexibility index (Phi) is 55.4. The number of unbranched alkanes of at least 4 members (excludes halogenated alkanes) is 48. The van der Waals surface area contributed by atoms with E-state index in [2.05, 4.69) is 19.2 Å². The fourth-order valence-electron chi connectivity index (χ4n) is 10.2. The monoisotopic (exact) mass is 1050 g/mol. The van der Waals surface area contributed by atoms with Crippen molar-refractivity contribution < 1.29 is 32.9 Å². The molecule has 3 atom stereocenters. The Labute approximate surface area is 456 Å². The van der Waals surface area contributed by atoms with Gasteiger partial charge in [-0.15, -0.1) is 0 Å². The molecule has 0 aliphatic rings. The molecule has 0 spiro atoms. The van der Waals surface area contributed by atoms with Crippen LogP contribution >= 0.6 is 7.82 Å². The van der Waals surface area contributed by atoms with Gasteiger partial charge < -0.3 is 28.8 Å². The van der Waals surface area contributed by atoms with Gasteiger partial charge in [-0.3, -0.25) is 9.36 Å². The summed E-state index contributed by atoms with van der Waals surface area (Å²) in [5, 5.41) is 13.9. The molecule has 3 unspecified atom stereocenters. The van der Waals surface area contributed by atoms with Gasteiger partial charge in [0.05, 0.1) is 39.9 Å². The van der Waals surface area contributed by atoms with Crippen LogP contribution in [0.15, 0.2) is 12.2 Å². The molecule has 2 N–H and O–H groups in total. The first-order chi connectivity index (χ1) is 35.5. The first-order valence-electron chi connectivity index (χ1n) is 32.6. The standard InChI is InChI=1S/C64H129N2O6P/c1-6-8-10-12-14-16-18-20-22-23-24-25-26-27-28-29-30-31-32-33-34-35-36-37-38-39-40-41-42-43-44-46-48-50-52-54-56-58-64(68)65-62(61-72-73(69,70)71-60-59-66(3,4)5)63(67)57-55-53-51-49-47-45-21-19-17-15-13-11-9-7-2/h55,57,62-63,67H,6-54,56,58-61H2,1-5H3,(H-,65,68,69,70)/b57-55+. The number of nitrogens with one attached hydrogen (secondary N) is 1. The van der Waals surface area contributed by atoms with Crippen molar-refractivity contribution in [2.45, 2.75) is 353 Å². The van der Waals surface area contributed by atoms with Crippen LogP contribution in [-0.2, 0) is 18.4 Å². The number of hydrogen-bond acceptors (Lipinski definition) is 6. The Morgan fingerprint density at radius 2 is 0.740 bits per heavy atom. The maximum absolute atomic E-state index is 13.0. The number of nitrogens with zero attached hydrogens (tertiary/aromatic N) is 1. The number of amides is 1.